The van der Waals surface area contributed by atoms with E-state index in [9.17, 15) is 33.5 Å². The second kappa shape index (κ2) is 22.6. The van der Waals surface area contributed by atoms with Crippen LogP contribution in [0.25, 0.3) is 11.1 Å². The van der Waals surface area contributed by atoms with Crippen LogP contribution in [0.15, 0.2) is 60.8 Å². The van der Waals surface area contributed by atoms with Gasteiger partial charge >= 0.3 is 18.0 Å². The first-order valence-electron chi connectivity index (χ1n) is 19.6. The Bertz CT molecular complexity index is 1880. The fraction of sp³-hybridized carbons (Fsp3) is 0.512. The van der Waals surface area contributed by atoms with Crippen molar-refractivity contribution in [2.24, 2.45) is 5.41 Å². The number of amides is 3. The first-order chi connectivity index (χ1) is 27.6. The number of esters is 1. The van der Waals surface area contributed by atoms with E-state index in [0.717, 1.165) is 41.6 Å². The smallest absolute Gasteiger partial charge is 0.407 e. The lowest BCUT2D eigenvalue weighted by atomic mass is 9.83. The van der Waals surface area contributed by atoms with Gasteiger partial charge in [0.25, 0.3) is 0 Å². The topological polar surface area (TPSA) is 156 Å². The average Bonchev–Trinajstić information content (AvgIpc) is 3.53. The molecule has 0 aliphatic heterocycles. The molecular formula is C43H59F2N4O8SSi. The van der Waals surface area contributed by atoms with Gasteiger partial charge in [-0.05, 0) is 68.5 Å². The van der Waals surface area contributed by atoms with Crippen LogP contribution in [0.4, 0.5) is 13.6 Å². The Morgan fingerprint density at radius 2 is 1.66 bits per heavy atom. The van der Waals surface area contributed by atoms with E-state index in [0.29, 0.717) is 30.8 Å². The molecule has 0 aliphatic carbocycles. The van der Waals surface area contributed by atoms with Gasteiger partial charge in [-0.25, -0.2) is 18.4 Å². The Hall–Kier alpha value is -4.70. The zero-order valence-corrected chi connectivity index (χ0v) is 37.2. The van der Waals surface area contributed by atoms with Gasteiger partial charge in [0.05, 0.1) is 24.8 Å². The standard InChI is InChI=1S/C43H59F2N4O8SSi/c1-42(2,3)39(35-23-30(32-24-31(44)15-16-33(32)45)26-48(35)25-29-13-10-9-11-14-29)49(20-12-19-46-41(55)56-21-22-59(7)8)37(51)28-58-27-34(40(53)54)47-36(50)17-18-38(52)57-43(4,5)6/h9-11,13-16,23-24,26,34,39H,12,17-22,25,27-28H2,1-8H3,(H,46,55)(H,47,50)(H,53,54)/t34-,39-/m0/s1. The summed E-state index contributed by atoms with van der Waals surface area (Å²) < 4.78 is 42.2. The van der Waals surface area contributed by atoms with E-state index in [2.05, 4.69) is 23.7 Å². The molecule has 3 aromatic rings. The highest BCUT2D eigenvalue weighted by Crippen LogP contribution is 2.41. The number of nitrogens with one attached hydrogen (secondary N) is 2. The van der Waals surface area contributed by atoms with E-state index in [4.69, 9.17) is 9.47 Å². The molecule has 12 nitrogen and oxygen atoms in total. The van der Waals surface area contributed by atoms with Crippen LogP contribution in [0.5, 0.6) is 0 Å². The number of carboxylic acids is 1. The summed E-state index contributed by atoms with van der Waals surface area (Å²) in [6, 6.07) is 13.4. The number of aromatic nitrogens is 1. The molecule has 16 heteroatoms. The van der Waals surface area contributed by atoms with Gasteiger partial charge in [0.1, 0.15) is 23.3 Å². The molecule has 0 aliphatic rings. The summed E-state index contributed by atoms with van der Waals surface area (Å²) in [7, 11) is -0.566. The van der Waals surface area contributed by atoms with Gasteiger partial charge in [-0.15, -0.1) is 11.8 Å². The molecule has 59 heavy (non-hydrogen) atoms. The molecule has 2 atom stereocenters. The lowest BCUT2D eigenvalue weighted by Gasteiger charge is -2.41. The number of aliphatic carboxylic acids is 1. The van der Waals surface area contributed by atoms with Crippen LogP contribution in [0.3, 0.4) is 0 Å². The van der Waals surface area contributed by atoms with Crippen LogP contribution >= 0.6 is 11.8 Å². The minimum Gasteiger partial charge on any atom is -0.480 e. The van der Waals surface area contributed by atoms with Crippen LogP contribution < -0.4 is 10.6 Å². The highest BCUT2D eigenvalue weighted by molar-refractivity contribution is 8.00. The van der Waals surface area contributed by atoms with E-state index < -0.39 is 67.5 Å². The third-order valence-corrected chi connectivity index (χ3v) is 11.1. The second-order valence-corrected chi connectivity index (χ2v) is 20.6. The van der Waals surface area contributed by atoms with Gasteiger partial charge in [-0.3, -0.25) is 14.4 Å². The predicted octanol–water partition coefficient (Wildman–Crippen LogP) is 7.69. The van der Waals surface area contributed by atoms with E-state index in [1.54, 1.807) is 37.9 Å². The van der Waals surface area contributed by atoms with Crippen molar-refractivity contribution < 1.29 is 47.3 Å². The Morgan fingerprint density at radius 1 is 0.966 bits per heavy atom. The monoisotopic (exact) mass is 857 g/mol. The second-order valence-electron chi connectivity index (χ2n) is 16.7. The lowest BCUT2D eigenvalue weighted by Crippen LogP contribution is -2.45. The number of hydrogen-bond acceptors (Lipinski definition) is 8. The maximum atomic E-state index is 15.2. The van der Waals surface area contributed by atoms with E-state index in [1.807, 2.05) is 55.7 Å². The minimum absolute atomic E-state index is 0.0640. The predicted molar refractivity (Wildman–Crippen MR) is 227 cm³/mol. The molecule has 2 aromatic carbocycles. The van der Waals surface area contributed by atoms with Gasteiger partial charge in [0, 0.05) is 63.6 Å². The summed E-state index contributed by atoms with van der Waals surface area (Å²) in [6.07, 6.45) is 1.03. The molecular weight excluding hydrogens is 799 g/mol. The number of halogens is 2. The van der Waals surface area contributed by atoms with Crippen molar-refractivity contribution in [1.29, 1.82) is 0 Å². The molecule has 0 spiro atoms. The van der Waals surface area contributed by atoms with Crippen molar-refractivity contribution in [1.82, 2.24) is 20.1 Å². The number of rotatable bonds is 21. The van der Waals surface area contributed by atoms with Crippen molar-refractivity contribution in [3.8, 4) is 11.1 Å². The number of carbonyl (C=O) groups excluding carboxylic acids is 4. The molecule has 0 saturated carbocycles. The number of benzene rings is 2. The number of carbonyl (C=O) groups is 5. The summed E-state index contributed by atoms with van der Waals surface area (Å²) in [5, 5.41) is 15.1. The molecule has 3 rings (SSSR count). The maximum Gasteiger partial charge on any atom is 0.407 e. The molecule has 3 amide bonds. The molecule has 0 fully saturated rings. The molecule has 0 saturated heterocycles. The zero-order valence-electron chi connectivity index (χ0n) is 35.4. The molecule has 1 aromatic heterocycles. The Labute approximate surface area is 352 Å². The number of hydrogen-bond donors (Lipinski definition) is 3. The summed E-state index contributed by atoms with van der Waals surface area (Å²) >= 11 is 1.03. The number of carboxylic acid groups (broad SMARTS) is 1. The van der Waals surface area contributed by atoms with Crippen LogP contribution in [0.2, 0.25) is 19.1 Å². The summed E-state index contributed by atoms with van der Waals surface area (Å²) in [5.74, 6) is -4.40. The van der Waals surface area contributed by atoms with Gasteiger partial charge in [0.15, 0.2) is 0 Å². The summed E-state index contributed by atoms with van der Waals surface area (Å²) in [4.78, 5) is 65.4. The van der Waals surface area contributed by atoms with Gasteiger partial charge in [-0.1, -0.05) is 64.2 Å². The number of thioether (sulfide) groups is 1. The molecule has 0 bridgehead atoms. The molecule has 0 unspecified atom stereocenters. The molecule has 3 N–H and O–H groups in total. The fourth-order valence-corrected chi connectivity index (χ4v) is 7.67. The first kappa shape index (κ1) is 48.7. The van der Waals surface area contributed by atoms with Crippen molar-refractivity contribution in [3.05, 3.63) is 83.7 Å². The zero-order chi connectivity index (χ0) is 43.9. The quantitative estimate of drug-likeness (QED) is 0.0556. The van der Waals surface area contributed by atoms with Gasteiger partial charge < -0.3 is 34.7 Å². The van der Waals surface area contributed by atoms with E-state index in [1.165, 1.54) is 0 Å². The number of alkyl carbamates (subject to hydrolysis) is 1. The maximum absolute atomic E-state index is 15.2. The summed E-state index contributed by atoms with van der Waals surface area (Å²) in [6.45, 7) is 16.3. The van der Waals surface area contributed by atoms with Crippen molar-refractivity contribution in [2.75, 3.05) is 31.2 Å². The van der Waals surface area contributed by atoms with Crippen LogP contribution in [-0.2, 0) is 35.2 Å². The Morgan fingerprint density at radius 3 is 2.29 bits per heavy atom. The number of nitrogens with zero attached hydrogens (tertiary/aromatic N) is 2. The first-order valence-corrected chi connectivity index (χ1v) is 23.5. The normalized spacial score (nSPS) is 12.7. The highest BCUT2D eigenvalue weighted by atomic mass is 32.2. The van der Waals surface area contributed by atoms with E-state index in [-0.39, 0.29) is 48.9 Å². The molecule has 1 heterocycles. The van der Waals surface area contributed by atoms with Crippen LogP contribution in [-0.4, -0.2) is 96.1 Å². The van der Waals surface area contributed by atoms with Gasteiger partial charge in [0.2, 0.25) is 11.8 Å². The van der Waals surface area contributed by atoms with Crippen LogP contribution in [0.1, 0.15) is 78.1 Å². The Kier molecular flexibility index (Phi) is 18.6. The molecule has 323 valence electrons. The van der Waals surface area contributed by atoms with Gasteiger partial charge in [-0.2, -0.15) is 0 Å². The number of ether oxygens (including phenoxy) is 2. The Balaban J connectivity index is 1.93. The average molecular weight is 858 g/mol. The largest absolute Gasteiger partial charge is 0.480 e. The van der Waals surface area contributed by atoms with Crippen molar-refractivity contribution in [2.45, 2.75) is 104 Å². The SMILES string of the molecule is C[Si](C)CCOC(=O)NCCCN(C(=O)CSC[C@H](NC(=O)CCC(=O)OC(C)(C)C)C(=O)O)[C@@H](c1cc(-c2cc(F)ccc2F)cn1Cc1ccccc1)C(C)(C)C. The summed E-state index contributed by atoms with van der Waals surface area (Å²) in [5.41, 5.74) is 0.707. The lowest BCUT2D eigenvalue weighted by molar-refractivity contribution is -0.155. The van der Waals surface area contributed by atoms with Crippen LogP contribution in [0, 0.1) is 17.0 Å². The van der Waals surface area contributed by atoms with Crippen molar-refractivity contribution in [3.63, 3.8) is 0 Å². The highest BCUT2D eigenvalue weighted by Gasteiger charge is 2.37. The fourth-order valence-electron chi connectivity index (χ4n) is 6.24. The van der Waals surface area contributed by atoms with E-state index >= 15 is 4.39 Å². The minimum atomic E-state index is -1.34. The third-order valence-electron chi connectivity index (χ3n) is 8.90. The molecule has 1 radical (unpaired) electrons. The van der Waals surface area contributed by atoms with Crippen molar-refractivity contribution >= 4 is 50.4 Å². The third kappa shape index (κ3) is 16.8.